The summed E-state index contributed by atoms with van der Waals surface area (Å²) in [6.45, 7) is 12.1. The van der Waals surface area contributed by atoms with E-state index in [0.717, 1.165) is 0 Å². The highest BCUT2D eigenvalue weighted by atomic mass is 28.3. The summed E-state index contributed by atoms with van der Waals surface area (Å²) in [7, 11) is -2.00. The minimum absolute atomic E-state index is 0.347. The molecule has 3 aliphatic carbocycles. The van der Waals surface area contributed by atoms with Crippen molar-refractivity contribution in [2.75, 3.05) is 4.90 Å². The van der Waals surface area contributed by atoms with E-state index >= 15 is 0 Å². The van der Waals surface area contributed by atoms with E-state index in [1.807, 2.05) is 0 Å². The zero-order valence-electron chi connectivity index (χ0n) is 22.3. The van der Waals surface area contributed by atoms with Crippen LogP contribution in [0, 0.1) is 5.92 Å². The lowest BCUT2D eigenvalue weighted by molar-refractivity contribution is 0.896. The first-order valence-corrected chi connectivity index (χ1v) is 16.5. The van der Waals surface area contributed by atoms with Crippen LogP contribution >= 0.6 is 0 Å². The Labute approximate surface area is 221 Å². The maximum absolute atomic E-state index is 2.60. The normalized spacial score (nSPS) is 20.4. The van der Waals surface area contributed by atoms with Crippen LogP contribution < -0.4 is 4.90 Å². The molecule has 1 unspecified atom stereocenters. The summed E-state index contributed by atoms with van der Waals surface area (Å²) in [4.78, 5) is 2.49. The largest absolute Gasteiger partial charge is 0.317 e. The van der Waals surface area contributed by atoms with Crippen LogP contribution in [0.3, 0.4) is 0 Å². The van der Waals surface area contributed by atoms with Gasteiger partial charge in [0.25, 0.3) is 0 Å². The molecule has 2 heteroatoms. The van der Waals surface area contributed by atoms with Gasteiger partial charge in [-0.25, -0.2) is 0 Å². The van der Waals surface area contributed by atoms with Crippen LogP contribution in [0.2, 0.25) is 13.1 Å². The van der Waals surface area contributed by atoms with Crippen LogP contribution in [-0.4, -0.2) is 8.07 Å². The summed E-state index contributed by atoms with van der Waals surface area (Å²) >= 11 is 0. The Kier molecular flexibility index (Phi) is 4.84. The fraction of sp³-hybridized carbons (Fsp3) is 0.200. The average molecular weight is 496 g/mol. The number of hydrogen-bond acceptors (Lipinski definition) is 1. The molecule has 7 rings (SSSR count). The van der Waals surface area contributed by atoms with Crippen molar-refractivity contribution in [2.24, 2.45) is 5.92 Å². The van der Waals surface area contributed by atoms with Gasteiger partial charge in [-0.2, -0.15) is 0 Å². The molecule has 1 nitrogen and oxygen atoms in total. The van der Waals surface area contributed by atoms with E-state index in [1.165, 1.54) is 61.6 Å². The van der Waals surface area contributed by atoms with Crippen molar-refractivity contribution in [3.63, 3.8) is 0 Å². The zero-order chi connectivity index (χ0) is 25.5. The third-order valence-electron chi connectivity index (χ3n) is 9.15. The molecule has 0 saturated carbocycles. The molecule has 182 valence electrons. The average Bonchev–Trinajstić information content (AvgIpc) is 3.50. The van der Waals surface area contributed by atoms with Gasteiger partial charge in [-0.1, -0.05) is 97.5 Å². The topological polar surface area (TPSA) is 3.24 Å². The lowest BCUT2D eigenvalue weighted by Gasteiger charge is -2.35. The maximum atomic E-state index is 2.60. The van der Waals surface area contributed by atoms with E-state index in [1.54, 1.807) is 5.20 Å². The van der Waals surface area contributed by atoms with Crippen LogP contribution in [0.1, 0.15) is 37.4 Å². The standard InChI is InChI=1S/C35H33NSi/c1-22-19-25-20-31-23(2)24(3)36(26-13-7-6-8-14-26)33(31)21-32(25)34(22)37(4,5)35-29-17-11-9-15-27(29)28-16-10-12-18-30(28)35/h6-21,31,35H,1-5H3. The van der Waals surface area contributed by atoms with Crippen molar-refractivity contribution in [1.29, 1.82) is 0 Å². The Bertz CT molecular complexity index is 1580. The van der Waals surface area contributed by atoms with Crippen LogP contribution in [0.15, 0.2) is 136 Å². The lowest BCUT2D eigenvalue weighted by Crippen LogP contribution is -2.38. The number of allylic oxidation sites excluding steroid dienone is 8. The molecule has 3 aromatic rings. The Hall–Kier alpha value is -3.62. The Morgan fingerprint density at radius 2 is 1.30 bits per heavy atom. The number of benzene rings is 3. The first kappa shape index (κ1) is 22.6. The van der Waals surface area contributed by atoms with E-state index in [4.69, 9.17) is 0 Å². The van der Waals surface area contributed by atoms with Crippen molar-refractivity contribution in [1.82, 2.24) is 0 Å². The monoisotopic (exact) mass is 495 g/mol. The molecule has 0 bridgehead atoms. The number of fused-ring (bicyclic) bond motifs is 5. The summed E-state index contributed by atoms with van der Waals surface area (Å²) < 4.78 is 0. The number of nitrogens with zero attached hydrogens (tertiary/aromatic N) is 1. The molecule has 0 N–H and O–H groups in total. The number of hydrogen-bond donors (Lipinski definition) is 0. The van der Waals surface area contributed by atoms with E-state index in [-0.39, 0.29) is 0 Å². The van der Waals surface area contributed by atoms with Crippen LogP contribution in [-0.2, 0) is 0 Å². The van der Waals surface area contributed by atoms with Crippen molar-refractivity contribution in [3.05, 3.63) is 147 Å². The van der Waals surface area contributed by atoms with E-state index < -0.39 is 8.07 Å². The number of rotatable bonds is 3. The van der Waals surface area contributed by atoms with E-state index in [9.17, 15) is 0 Å². The highest BCUT2D eigenvalue weighted by Crippen LogP contribution is 2.55. The van der Waals surface area contributed by atoms with Gasteiger partial charge in [0.05, 0.1) is 8.07 Å². The molecule has 0 spiro atoms. The molecular formula is C35H33NSi. The summed E-state index contributed by atoms with van der Waals surface area (Å²) in [6, 6.07) is 29.1. The van der Waals surface area contributed by atoms with Gasteiger partial charge in [0.1, 0.15) is 0 Å². The quantitative estimate of drug-likeness (QED) is 0.328. The smallest absolute Gasteiger partial charge is 0.0939 e. The molecule has 0 fully saturated rings. The van der Waals surface area contributed by atoms with Gasteiger partial charge in [0, 0.05) is 28.5 Å². The molecule has 1 atom stereocenters. The second kappa shape index (κ2) is 7.94. The highest BCUT2D eigenvalue weighted by molar-refractivity contribution is 6.87. The van der Waals surface area contributed by atoms with Crippen LogP contribution in [0.4, 0.5) is 5.69 Å². The van der Waals surface area contributed by atoms with Gasteiger partial charge < -0.3 is 4.90 Å². The molecule has 0 saturated heterocycles. The minimum atomic E-state index is -2.00. The molecule has 3 aromatic carbocycles. The zero-order valence-corrected chi connectivity index (χ0v) is 23.3. The second-order valence-electron chi connectivity index (χ2n) is 11.6. The Morgan fingerprint density at radius 3 is 1.95 bits per heavy atom. The molecule has 0 amide bonds. The maximum Gasteiger partial charge on any atom is 0.0939 e. The molecule has 4 aliphatic rings. The predicted molar refractivity (Wildman–Crippen MR) is 159 cm³/mol. The van der Waals surface area contributed by atoms with Gasteiger partial charge in [-0.05, 0) is 83.1 Å². The lowest BCUT2D eigenvalue weighted by atomic mass is 9.89. The van der Waals surface area contributed by atoms with Crippen molar-refractivity contribution in [3.8, 4) is 11.1 Å². The van der Waals surface area contributed by atoms with Gasteiger partial charge in [-0.3, -0.25) is 0 Å². The van der Waals surface area contributed by atoms with Gasteiger partial charge in [0.2, 0.25) is 0 Å². The molecule has 37 heavy (non-hydrogen) atoms. The van der Waals surface area contributed by atoms with E-state index in [2.05, 4.69) is 136 Å². The molecule has 0 aromatic heterocycles. The summed E-state index contributed by atoms with van der Waals surface area (Å²) in [5.74, 6) is 0.347. The van der Waals surface area contributed by atoms with E-state index in [0.29, 0.717) is 11.5 Å². The van der Waals surface area contributed by atoms with Crippen LogP contribution in [0.5, 0.6) is 0 Å². The Balaban J connectivity index is 1.41. The van der Waals surface area contributed by atoms with Crippen molar-refractivity contribution >= 4 is 13.8 Å². The van der Waals surface area contributed by atoms with Crippen molar-refractivity contribution in [2.45, 2.75) is 39.4 Å². The van der Waals surface area contributed by atoms with Gasteiger partial charge in [0.15, 0.2) is 0 Å². The first-order chi connectivity index (χ1) is 17.9. The molecular weight excluding hydrogens is 462 g/mol. The van der Waals surface area contributed by atoms with Gasteiger partial charge in [-0.15, -0.1) is 0 Å². The van der Waals surface area contributed by atoms with Crippen LogP contribution in [0.25, 0.3) is 11.1 Å². The third-order valence-corrected chi connectivity index (χ3v) is 13.2. The predicted octanol–water partition coefficient (Wildman–Crippen LogP) is 9.10. The SMILES string of the molecule is CC1=CC2=CC3C(=CC2=C1[Si](C)(C)C1c2ccccc2-c2ccccc21)N(c1ccccc1)C(C)=C3C. The number of para-hydroxylation sites is 1. The summed E-state index contributed by atoms with van der Waals surface area (Å²) in [6.07, 6.45) is 7.54. The Morgan fingerprint density at radius 1 is 0.703 bits per heavy atom. The fourth-order valence-corrected chi connectivity index (χ4v) is 11.9. The molecule has 0 radical (unpaired) electrons. The highest BCUT2D eigenvalue weighted by Gasteiger charge is 2.46. The number of anilines is 1. The molecule has 1 heterocycles. The minimum Gasteiger partial charge on any atom is -0.317 e. The first-order valence-electron chi connectivity index (χ1n) is 13.5. The molecule has 1 aliphatic heterocycles. The summed E-state index contributed by atoms with van der Waals surface area (Å²) in [5, 5.41) is 1.62. The third kappa shape index (κ3) is 3.09. The summed E-state index contributed by atoms with van der Waals surface area (Å²) in [5.41, 5.74) is 16.1. The van der Waals surface area contributed by atoms with Gasteiger partial charge >= 0.3 is 0 Å². The fourth-order valence-electron chi connectivity index (χ4n) is 7.53. The second-order valence-corrected chi connectivity index (χ2v) is 16.1. The van der Waals surface area contributed by atoms with Crippen molar-refractivity contribution < 1.29 is 0 Å².